The Bertz CT molecular complexity index is 396. The highest BCUT2D eigenvalue weighted by Crippen LogP contribution is 2.34. The Morgan fingerprint density at radius 1 is 1.53 bits per heavy atom. The Kier molecular flexibility index (Phi) is 4.71. The molecule has 0 fully saturated rings. The highest BCUT2D eigenvalue weighted by atomic mass is 16.6. The number of benzene rings is 1. The lowest BCUT2D eigenvalue weighted by Crippen LogP contribution is -2.29. The lowest BCUT2D eigenvalue weighted by molar-refractivity contribution is -0.384. The Balaban J connectivity index is 2.94. The summed E-state index contributed by atoms with van der Waals surface area (Å²) in [6, 6.07) is 5.19. The topological polar surface area (TPSA) is 76.4 Å². The van der Waals surface area contributed by atoms with Gasteiger partial charge in [0.15, 0.2) is 5.75 Å². The van der Waals surface area contributed by atoms with E-state index in [4.69, 9.17) is 4.74 Å². The first kappa shape index (κ1) is 13.2. The van der Waals surface area contributed by atoms with E-state index in [0.717, 1.165) is 0 Å². The molecule has 1 unspecified atom stereocenters. The van der Waals surface area contributed by atoms with Crippen LogP contribution in [-0.2, 0) is 0 Å². The number of nitro benzene ring substituents is 1. The molecule has 2 N–H and O–H groups in total. The summed E-state index contributed by atoms with van der Waals surface area (Å²) in [5, 5.41) is 17.1. The molecule has 94 valence electrons. The van der Waals surface area contributed by atoms with Crippen molar-refractivity contribution in [1.82, 2.24) is 5.32 Å². The fraction of sp³-hybridized carbons (Fsp3) is 0.455. The summed E-state index contributed by atoms with van der Waals surface area (Å²) in [7, 11) is 3.26. The maximum atomic E-state index is 11.0. The van der Waals surface area contributed by atoms with Gasteiger partial charge >= 0.3 is 5.69 Å². The Morgan fingerprint density at radius 3 is 2.76 bits per heavy atom. The van der Waals surface area contributed by atoms with Crippen LogP contribution < -0.4 is 15.4 Å². The summed E-state index contributed by atoms with van der Waals surface area (Å²) in [5.41, 5.74) is 0.440. The van der Waals surface area contributed by atoms with Gasteiger partial charge in [0.25, 0.3) is 0 Å². The van der Waals surface area contributed by atoms with Crippen molar-refractivity contribution in [2.45, 2.75) is 13.0 Å². The number of hydrogen-bond donors (Lipinski definition) is 2. The van der Waals surface area contributed by atoms with Crippen LogP contribution in [0.15, 0.2) is 18.2 Å². The highest BCUT2D eigenvalue weighted by Gasteiger charge is 2.20. The van der Waals surface area contributed by atoms with Crippen molar-refractivity contribution in [3.63, 3.8) is 0 Å². The highest BCUT2D eigenvalue weighted by molar-refractivity contribution is 5.68. The van der Waals surface area contributed by atoms with E-state index >= 15 is 0 Å². The average molecular weight is 239 g/mol. The lowest BCUT2D eigenvalue weighted by Gasteiger charge is -2.13. The average Bonchev–Trinajstić information content (AvgIpc) is 2.34. The summed E-state index contributed by atoms with van der Waals surface area (Å²) in [4.78, 5) is 10.5. The molecular weight excluding hydrogens is 222 g/mol. The van der Waals surface area contributed by atoms with Crippen LogP contribution in [0.4, 0.5) is 11.4 Å². The van der Waals surface area contributed by atoms with Crippen LogP contribution in [-0.4, -0.2) is 31.7 Å². The fourth-order valence-electron chi connectivity index (χ4n) is 1.38. The van der Waals surface area contributed by atoms with E-state index in [1.165, 1.54) is 7.11 Å². The van der Waals surface area contributed by atoms with Crippen molar-refractivity contribution >= 4 is 11.4 Å². The minimum atomic E-state index is -0.439. The van der Waals surface area contributed by atoms with Crippen LogP contribution in [0.3, 0.4) is 0 Å². The van der Waals surface area contributed by atoms with Crippen LogP contribution in [0.5, 0.6) is 5.75 Å². The molecule has 1 aromatic rings. The van der Waals surface area contributed by atoms with Gasteiger partial charge in [0.2, 0.25) is 0 Å². The van der Waals surface area contributed by atoms with Gasteiger partial charge in [-0.2, -0.15) is 0 Å². The molecule has 1 aromatic carbocycles. The van der Waals surface area contributed by atoms with E-state index in [2.05, 4.69) is 10.6 Å². The third kappa shape index (κ3) is 3.32. The third-order valence-corrected chi connectivity index (χ3v) is 2.49. The number of likely N-dealkylation sites (N-methyl/N-ethyl adjacent to an activating group) is 1. The first-order valence-electron chi connectivity index (χ1n) is 5.32. The van der Waals surface area contributed by atoms with E-state index in [0.29, 0.717) is 12.2 Å². The quantitative estimate of drug-likeness (QED) is 0.582. The number of nitrogens with one attached hydrogen (secondary N) is 2. The van der Waals surface area contributed by atoms with Gasteiger partial charge in [-0.15, -0.1) is 0 Å². The summed E-state index contributed by atoms with van der Waals surface area (Å²) in [6.45, 7) is 2.59. The number of nitrogens with zero attached hydrogens (tertiary/aromatic N) is 1. The Labute approximate surface area is 100 Å². The molecular formula is C11H17N3O3. The zero-order valence-corrected chi connectivity index (χ0v) is 10.2. The zero-order chi connectivity index (χ0) is 12.8. The van der Waals surface area contributed by atoms with Crippen molar-refractivity contribution in [3.8, 4) is 5.75 Å². The standard InChI is InChI=1S/C11H17N3O3/c1-8(12-2)7-13-9-5-4-6-10(17-3)11(9)14(15)16/h4-6,8,12-13H,7H2,1-3H3. The third-order valence-electron chi connectivity index (χ3n) is 2.49. The minimum Gasteiger partial charge on any atom is -0.490 e. The molecule has 0 aliphatic carbocycles. The van der Waals surface area contributed by atoms with E-state index < -0.39 is 4.92 Å². The first-order valence-corrected chi connectivity index (χ1v) is 5.32. The molecule has 0 aliphatic rings. The second-order valence-corrected chi connectivity index (χ2v) is 3.68. The van der Waals surface area contributed by atoms with E-state index in [9.17, 15) is 10.1 Å². The maximum absolute atomic E-state index is 11.0. The smallest absolute Gasteiger partial charge is 0.333 e. The van der Waals surface area contributed by atoms with Crippen LogP contribution in [0, 0.1) is 10.1 Å². The Morgan fingerprint density at radius 2 is 2.24 bits per heavy atom. The van der Waals surface area contributed by atoms with Gasteiger partial charge in [0.1, 0.15) is 5.69 Å². The number of methoxy groups -OCH3 is 1. The molecule has 0 saturated carbocycles. The van der Waals surface area contributed by atoms with E-state index in [1.54, 1.807) is 18.2 Å². The normalized spacial score (nSPS) is 11.9. The van der Waals surface area contributed by atoms with Gasteiger partial charge in [-0.25, -0.2) is 0 Å². The molecule has 0 aromatic heterocycles. The largest absolute Gasteiger partial charge is 0.490 e. The number of para-hydroxylation sites is 1. The molecule has 17 heavy (non-hydrogen) atoms. The molecule has 0 amide bonds. The van der Waals surface area contributed by atoms with E-state index in [1.807, 2.05) is 14.0 Å². The summed E-state index contributed by atoms with van der Waals surface area (Å²) in [5.74, 6) is 0.261. The van der Waals surface area contributed by atoms with Crippen molar-refractivity contribution < 1.29 is 9.66 Å². The molecule has 0 radical (unpaired) electrons. The van der Waals surface area contributed by atoms with Crippen molar-refractivity contribution in [1.29, 1.82) is 0 Å². The SMILES string of the molecule is CNC(C)CNc1cccc(OC)c1[N+](=O)[O-]. The molecule has 6 nitrogen and oxygen atoms in total. The summed E-state index contributed by atoms with van der Waals surface area (Å²) >= 11 is 0. The number of nitro groups is 1. The van der Waals surface area contributed by atoms with E-state index in [-0.39, 0.29) is 17.5 Å². The Hall–Kier alpha value is -1.82. The molecule has 0 saturated heterocycles. The van der Waals surface area contributed by atoms with Crippen molar-refractivity contribution in [2.24, 2.45) is 0 Å². The van der Waals surface area contributed by atoms with Crippen LogP contribution in [0.2, 0.25) is 0 Å². The number of ether oxygens (including phenoxy) is 1. The minimum absolute atomic E-state index is 0.0293. The molecule has 6 heteroatoms. The van der Waals surface area contributed by atoms with Gasteiger partial charge < -0.3 is 15.4 Å². The monoisotopic (exact) mass is 239 g/mol. The number of hydrogen-bond acceptors (Lipinski definition) is 5. The van der Waals surface area contributed by atoms with Gasteiger partial charge in [0.05, 0.1) is 12.0 Å². The summed E-state index contributed by atoms with van der Waals surface area (Å²) < 4.78 is 4.98. The maximum Gasteiger partial charge on any atom is 0.333 e. The lowest BCUT2D eigenvalue weighted by atomic mass is 10.2. The predicted octanol–water partition coefficient (Wildman–Crippen LogP) is 1.62. The van der Waals surface area contributed by atoms with Gasteiger partial charge in [0, 0.05) is 12.6 Å². The second kappa shape index (κ2) is 6.05. The first-order chi connectivity index (χ1) is 8.10. The zero-order valence-electron chi connectivity index (χ0n) is 10.2. The summed E-state index contributed by atoms with van der Waals surface area (Å²) in [6.07, 6.45) is 0. The molecule has 0 bridgehead atoms. The van der Waals surface area contributed by atoms with Crippen LogP contribution in [0.1, 0.15) is 6.92 Å². The van der Waals surface area contributed by atoms with Crippen molar-refractivity contribution in [3.05, 3.63) is 28.3 Å². The fourth-order valence-corrected chi connectivity index (χ4v) is 1.38. The van der Waals surface area contributed by atoms with Gasteiger partial charge in [-0.3, -0.25) is 10.1 Å². The van der Waals surface area contributed by atoms with Crippen LogP contribution in [0.25, 0.3) is 0 Å². The molecule has 0 spiro atoms. The van der Waals surface area contributed by atoms with Crippen LogP contribution >= 0.6 is 0 Å². The second-order valence-electron chi connectivity index (χ2n) is 3.68. The predicted molar refractivity (Wildman–Crippen MR) is 66.7 cm³/mol. The van der Waals surface area contributed by atoms with Gasteiger partial charge in [-0.05, 0) is 26.1 Å². The molecule has 0 aliphatic heterocycles. The number of anilines is 1. The number of rotatable bonds is 6. The van der Waals surface area contributed by atoms with Gasteiger partial charge in [-0.1, -0.05) is 6.07 Å². The molecule has 1 rings (SSSR count). The van der Waals surface area contributed by atoms with Crippen molar-refractivity contribution in [2.75, 3.05) is 26.0 Å². The molecule has 1 atom stereocenters. The molecule has 0 heterocycles.